The number of carboxylic acid groups (broad SMARTS) is 1. The first-order valence-electron chi connectivity index (χ1n) is 8.59. The number of alkyl halides is 3. The molecule has 9 heteroatoms. The summed E-state index contributed by atoms with van der Waals surface area (Å²) in [5.74, 6) is -2.71. The first-order chi connectivity index (χ1) is 12.5. The molecule has 1 aliphatic rings. The summed E-state index contributed by atoms with van der Waals surface area (Å²) in [7, 11) is 0. The Balaban J connectivity index is 2.38. The van der Waals surface area contributed by atoms with Crippen LogP contribution in [-0.4, -0.2) is 28.4 Å². The minimum absolute atomic E-state index is 0.187. The van der Waals surface area contributed by atoms with Crippen molar-refractivity contribution in [3.63, 3.8) is 0 Å². The zero-order valence-electron chi connectivity index (χ0n) is 14.8. The molecular weight excluding hydrogens is 365 g/mol. The van der Waals surface area contributed by atoms with E-state index in [1.165, 1.54) is 0 Å². The summed E-state index contributed by atoms with van der Waals surface area (Å²) >= 11 is 0. The normalized spacial score (nSPS) is 16.9. The average molecular weight is 386 g/mol. The highest BCUT2D eigenvalue weighted by atomic mass is 19.4. The molecule has 0 unspecified atom stereocenters. The van der Waals surface area contributed by atoms with Crippen molar-refractivity contribution in [2.24, 2.45) is 0 Å². The molecule has 0 saturated heterocycles. The second-order valence-corrected chi connectivity index (χ2v) is 6.73. The molecule has 6 nitrogen and oxygen atoms in total. The Kier molecular flexibility index (Phi) is 6.12. The Hall–Kier alpha value is -2.58. The molecule has 1 fully saturated rings. The van der Waals surface area contributed by atoms with Crippen LogP contribution < -0.4 is 10.6 Å². The van der Waals surface area contributed by atoms with Gasteiger partial charge in [-0.25, -0.2) is 4.79 Å². The molecule has 0 bridgehead atoms. The second kappa shape index (κ2) is 7.98. The molecule has 0 aromatic heterocycles. The Labute approximate surface area is 154 Å². The van der Waals surface area contributed by atoms with Crippen molar-refractivity contribution in [1.82, 2.24) is 5.32 Å². The molecule has 2 amide bonds. The van der Waals surface area contributed by atoms with E-state index < -0.39 is 35.1 Å². The highest BCUT2D eigenvalue weighted by Gasteiger charge is 2.40. The van der Waals surface area contributed by atoms with E-state index in [2.05, 4.69) is 10.6 Å². The first kappa shape index (κ1) is 20.7. The number of halogens is 3. The van der Waals surface area contributed by atoms with Gasteiger partial charge in [0.25, 0.3) is 5.91 Å². The van der Waals surface area contributed by atoms with Crippen molar-refractivity contribution in [1.29, 1.82) is 0 Å². The number of anilines is 1. The van der Waals surface area contributed by atoms with Crippen LogP contribution in [0.4, 0.5) is 18.9 Å². The highest BCUT2D eigenvalue weighted by Crippen LogP contribution is 2.33. The second-order valence-electron chi connectivity index (χ2n) is 6.73. The lowest BCUT2D eigenvalue weighted by Gasteiger charge is -2.29. The van der Waals surface area contributed by atoms with Gasteiger partial charge in [-0.05, 0) is 31.0 Å². The summed E-state index contributed by atoms with van der Waals surface area (Å²) in [5.41, 5.74) is -3.16. The lowest BCUT2D eigenvalue weighted by Crippen LogP contribution is -2.54. The van der Waals surface area contributed by atoms with E-state index in [-0.39, 0.29) is 24.1 Å². The molecule has 0 spiro atoms. The zero-order chi connectivity index (χ0) is 20.2. The number of aliphatic carboxylic acids is 1. The van der Waals surface area contributed by atoms with Crippen LogP contribution in [-0.2, 0) is 15.8 Å². The monoisotopic (exact) mass is 386 g/mol. The van der Waals surface area contributed by atoms with Crippen LogP contribution in [0.5, 0.6) is 0 Å². The quantitative estimate of drug-likeness (QED) is 0.690. The maximum atomic E-state index is 13.1. The number of benzene rings is 1. The fraction of sp³-hybridized carbons (Fsp3) is 0.500. The minimum atomic E-state index is -4.73. The van der Waals surface area contributed by atoms with E-state index in [0.29, 0.717) is 18.9 Å². The van der Waals surface area contributed by atoms with E-state index in [0.717, 1.165) is 31.9 Å². The highest BCUT2D eigenvalue weighted by molar-refractivity contribution is 5.99. The van der Waals surface area contributed by atoms with Gasteiger partial charge in [0.15, 0.2) is 0 Å². The largest absolute Gasteiger partial charge is 0.480 e. The number of nitrogens with one attached hydrogen (secondary N) is 2. The fourth-order valence-corrected chi connectivity index (χ4v) is 3.21. The number of carbonyl (C=O) groups is 3. The average Bonchev–Trinajstić information content (AvgIpc) is 2.79. The van der Waals surface area contributed by atoms with Crippen LogP contribution in [0.1, 0.15) is 61.4 Å². The Bertz CT molecular complexity index is 739. The van der Waals surface area contributed by atoms with Crippen molar-refractivity contribution in [2.45, 2.75) is 57.2 Å². The summed E-state index contributed by atoms with van der Waals surface area (Å²) in [6.45, 7) is 1.13. The van der Waals surface area contributed by atoms with Crippen molar-refractivity contribution < 1.29 is 32.7 Å². The van der Waals surface area contributed by atoms with Crippen molar-refractivity contribution in [2.75, 3.05) is 5.32 Å². The number of hydrogen-bond donors (Lipinski definition) is 3. The predicted octanol–water partition coefficient (Wildman–Crippen LogP) is 3.57. The lowest BCUT2D eigenvalue weighted by molar-refractivity contribution is -0.145. The first-order valence-corrected chi connectivity index (χ1v) is 8.59. The predicted molar refractivity (Wildman–Crippen MR) is 91.3 cm³/mol. The summed E-state index contributed by atoms with van der Waals surface area (Å²) in [6.07, 6.45) is -1.42. The standard InChI is InChI=1S/C18H21F3N2O4/c1-11(24)22-14-9-12(8-13(10-14)18(19,20)21)15(25)23-17(16(26)27)6-4-2-3-5-7-17/h8-10H,2-7H2,1H3,(H,22,24)(H,23,25)(H,26,27). The summed E-state index contributed by atoms with van der Waals surface area (Å²) in [5, 5.41) is 14.3. The summed E-state index contributed by atoms with van der Waals surface area (Å²) in [4.78, 5) is 35.6. The topological polar surface area (TPSA) is 95.5 Å². The van der Waals surface area contributed by atoms with Crippen LogP contribution in [0, 0.1) is 0 Å². The molecule has 1 saturated carbocycles. The smallest absolute Gasteiger partial charge is 0.416 e. The van der Waals surface area contributed by atoms with Crippen LogP contribution in [0.2, 0.25) is 0 Å². The number of carbonyl (C=O) groups excluding carboxylic acids is 2. The van der Waals surface area contributed by atoms with Gasteiger partial charge in [0.05, 0.1) is 5.56 Å². The van der Waals surface area contributed by atoms with Gasteiger partial charge in [-0.2, -0.15) is 13.2 Å². The van der Waals surface area contributed by atoms with E-state index in [1.54, 1.807) is 0 Å². The Morgan fingerprint density at radius 1 is 1.04 bits per heavy atom. The fourth-order valence-electron chi connectivity index (χ4n) is 3.21. The third-order valence-electron chi connectivity index (χ3n) is 4.56. The number of carboxylic acids is 1. The number of rotatable bonds is 4. The van der Waals surface area contributed by atoms with Crippen molar-refractivity contribution >= 4 is 23.5 Å². The van der Waals surface area contributed by atoms with Crippen molar-refractivity contribution in [3.05, 3.63) is 29.3 Å². The Morgan fingerprint density at radius 3 is 2.11 bits per heavy atom. The molecule has 0 heterocycles. The van der Waals surface area contributed by atoms with Gasteiger partial charge in [-0.3, -0.25) is 9.59 Å². The molecule has 0 atom stereocenters. The van der Waals surface area contributed by atoms with Gasteiger partial charge >= 0.3 is 12.1 Å². The molecule has 148 valence electrons. The molecule has 1 aliphatic carbocycles. The summed E-state index contributed by atoms with van der Waals surface area (Å²) in [6, 6.07) is 2.46. The van der Waals surface area contributed by atoms with Gasteiger partial charge in [-0.1, -0.05) is 25.7 Å². The van der Waals surface area contributed by atoms with Crippen LogP contribution in [0.25, 0.3) is 0 Å². The van der Waals surface area contributed by atoms with Crippen LogP contribution in [0.3, 0.4) is 0 Å². The minimum Gasteiger partial charge on any atom is -0.480 e. The SMILES string of the molecule is CC(=O)Nc1cc(C(=O)NC2(C(=O)O)CCCCCC2)cc(C(F)(F)F)c1. The van der Waals surface area contributed by atoms with Gasteiger partial charge in [-0.15, -0.1) is 0 Å². The van der Waals surface area contributed by atoms with Gasteiger partial charge < -0.3 is 15.7 Å². The van der Waals surface area contributed by atoms with Crippen LogP contribution in [0.15, 0.2) is 18.2 Å². The summed E-state index contributed by atoms with van der Waals surface area (Å²) < 4.78 is 39.4. The van der Waals surface area contributed by atoms with E-state index in [1.807, 2.05) is 0 Å². The maximum Gasteiger partial charge on any atom is 0.416 e. The molecule has 3 N–H and O–H groups in total. The zero-order valence-corrected chi connectivity index (χ0v) is 14.8. The molecule has 0 radical (unpaired) electrons. The molecular formula is C18H21F3N2O4. The molecule has 27 heavy (non-hydrogen) atoms. The maximum absolute atomic E-state index is 13.1. The molecule has 2 rings (SSSR count). The number of hydrogen-bond acceptors (Lipinski definition) is 3. The van der Waals surface area contributed by atoms with E-state index in [4.69, 9.17) is 0 Å². The third-order valence-corrected chi connectivity index (χ3v) is 4.56. The van der Waals surface area contributed by atoms with Crippen molar-refractivity contribution in [3.8, 4) is 0 Å². The molecule has 1 aromatic carbocycles. The van der Waals surface area contributed by atoms with Gasteiger partial charge in [0.2, 0.25) is 5.91 Å². The lowest BCUT2D eigenvalue weighted by atomic mass is 9.89. The van der Waals surface area contributed by atoms with Crippen LogP contribution >= 0.6 is 0 Å². The van der Waals surface area contributed by atoms with Gasteiger partial charge in [0.1, 0.15) is 5.54 Å². The van der Waals surface area contributed by atoms with E-state index in [9.17, 15) is 32.7 Å². The number of amides is 2. The Morgan fingerprint density at radius 2 is 1.63 bits per heavy atom. The third kappa shape index (κ3) is 5.21. The molecule has 0 aliphatic heterocycles. The van der Waals surface area contributed by atoms with Gasteiger partial charge in [0, 0.05) is 18.2 Å². The molecule has 1 aromatic rings. The van der Waals surface area contributed by atoms with E-state index >= 15 is 0 Å².